The van der Waals surface area contributed by atoms with Gasteiger partial charge in [0.1, 0.15) is 12.2 Å². The molecule has 0 aromatic carbocycles. The molecule has 0 spiro atoms. The molecule has 0 amide bonds. The van der Waals surface area contributed by atoms with Crippen molar-refractivity contribution >= 4 is 0 Å². The van der Waals surface area contributed by atoms with E-state index in [1.54, 1.807) is 0 Å². The molecule has 4 nitrogen and oxygen atoms in total. The van der Waals surface area contributed by atoms with Crippen LogP contribution < -0.4 is 5.32 Å². The van der Waals surface area contributed by atoms with Crippen molar-refractivity contribution in [1.82, 2.24) is 5.32 Å². The van der Waals surface area contributed by atoms with Crippen LogP contribution in [0.15, 0.2) is 0 Å². The summed E-state index contributed by atoms with van der Waals surface area (Å²) in [6.07, 6.45) is -0.659. The minimum absolute atomic E-state index is 0.0128. The summed E-state index contributed by atoms with van der Waals surface area (Å²) in [5.74, 6) is -0.554. The number of hydrogen-bond acceptors (Lipinski definition) is 4. The summed E-state index contributed by atoms with van der Waals surface area (Å²) in [6.45, 7) is 6.47. The highest BCUT2D eigenvalue weighted by molar-refractivity contribution is 4.96. The molecule has 4 atom stereocenters. The maximum Gasteiger partial charge on any atom is 0.163 e. The summed E-state index contributed by atoms with van der Waals surface area (Å²) in [4.78, 5) is 0. The Morgan fingerprint density at radius 2 is 2.08 bits per heavy atom. The fourth-order valence-electron chi connectivity index (χ4n) is 2.02. The molecule has 76 valence electrons. The van der Waals surface area contributed by atoms with Crippen molar-refractivity contribution in [1.29, 1.82) is 0 Å². The van der Waals surface area contributed by atoms with Gasteiger partial charge in [-0.3, -0.25) is 0 Å². The van der Waals surface area contributed by atoms with Crippen LogP contribution in [0.2, 0.25) is 0 Å². The van der Waals surface area contributed by atoms with Gasteiger partial charge in [-0.2, -0.15) is 0 Å². The normalized spacial score (nSPS) is 48.9. The summed E-state index contributed by atoms with van der Waals surface area (Å²) in [5.41, 5.74) is 0. The second-order valence-electron chi connectivity index (χ2n) is 4.33. The Hall–Kier alpha value is -0.160. The topological polar surface area (TPSA) is 50.7 Å². The second-order valence-corrected chi connectivity index (χ2v) is 4.33. The number of nitrogens with one attached hydrogen (secondary N) is 1. The molecule has 2 fully saturated rings. The Kier molecular flexibility index (Phi) is 2.11. The van der Waals surface area contributed by atoms with Gasteiger partial charge in [0.2, 0.25) is 0 Å². The molecule has 0 aromatic rings. The van der Waals surface area contributed by atoms with Crippen molar-refractivity contribution in [3.8, 4) is 0 Å². The van der Waals surface area contributed by atoms with Gasteiger partial charge in [-0.1, -0.05) is 0 Å². The lowest BCUT2D eigenvalue weighted by molar-refractivity contribution is -0.153. The van der Waals surface area contributed by atoms with Gasteiger partial charge in [0.15, 0.2) is 5.79 Å². The van der Waals surface area contributed by atoms with E-state index in [-0.39, 0.29) is 18.2 Å². The summed E-state index contributed by atoms with van der Waals surface area (Å²) in [7, 11) is 0. The first kappa shape index (κ1) is 9.40. The fraction of sp³-hybridized carbons (Fsp3) is 1.00. The van der Waals surface area contributed by atoms with E-state index in [4.69, 9.17) is 9.47 Å². The Labute approximate surface area is 78.2 Å². The zero-order valence-corrected chi connectivity index (χ0v) is 8.28. The molecule has 2 aliphatic heterocycles. The van der Waals surface area contributed by atoms with Gasteiger partial charge in [0, 0.05) is 12.6 Å². The smallest absolute Gasteiger partial charge is 0.163 e. The second kappa shape index (κ2) is 2.92. The number of ether oxygens (including phenoxy) is 2. The van der Waals surface area contributed by atoms with Crippen molar-refractivity contribution in [2.75, 3.05) is 6.54 Å². The van der Waals surface area contributed by atoms with Crippen LogP contribution in [-0.2, 0) is 9.47 Å². The van der Waals surface area contributed by atoms with E-state index in [1.807, 2.05) is 20.8 Å². The van der Waals surface area contributed by atoms with Crippen molar-refractivity contribution < 1.29 is 14.6 Å². The Balaban J connectivity index is 2.11. The van der Waals surface area contributed by atoms with Crippen LogP contribution in [-0.4, -0.2) is 41.8 Å². The van der Waals surface area contributed by atoms with Gasteiger partial charge >= 0.3 is 0 Å². The molecular weight excluding hydrogens is 170 g/mol. The summed E-state index contributed by atoms with van der Waals surface area (Å²) in [6, 6.07) is 0.0822. The molecule has 0 unspecified atom stereocenters. The Morgan fingerprint density at radius 1 is 1.38 bits per heavy atom. The van der Waals surface area contributed by atoms with Gasteiger partial charge < -0.3 is 19.9 Å². The highest BCUT2D eigenvalue weighted by atomic mass is 16.8. The van der Waals surface area contributed by atoms with E-state index >= 15 is 0 Å². The zero-order valence-electron chi connectivity index (χ0n) is 8.28. The molecular formula is C9H17NO3. The maximum absolute atomic E-state index is 9.81. The molecule has 2 aliphatic rings. The third-order valence-electron chi connectivity index (χ3n) is 2.71. The first-order chi connectivity index (χ1) is 5.99. The lowest BCUT2D eigenvalue weighted by atomic mass is 9.98. The number of aliphatic hydroxyl groups excluding tert-OH is 1. The number of hydrogen-bond donors (Lipinski definition) is 2. The zero-order chi connectivity index (χ0) is 9.64. The SMILES string of the molecule is C[C@@H]1NC[C@H]2OC(C)(C)O[C@H]2[C@@H]1O. The van der Waals surface area contributed by atoms with Crippen molar-refractivity contribution in [2.24, 2.45) is 0 Å². The molecule has 4 heteroatoms. The van der Waals surface area contributed by atoms with Crippen LogP contribution in [0, 0.1) is 0 Å². The summed E-state index contributed by atoms with van der Waals surface area (Å²) < 4.78 is 11.2. The predicted octanol–water partition coefficient (Wildman–Crippen LogP) is -0.141. The lowest BCUT2D eigenvalue weighted by Gasteiger charge is -2.33. The quantitative estimate of drug-likeness (QED) is 0.554. The van der Waals surface area contributed by atoms with Gasteiger partial charge in [-0.05, 0) is 20.8 Å². The van der Waals surface area contributed by atoms with E-state index in [0.717, 1.165) is 6.54 Å². The van der Waals surface area contributed by atoms with Gasteiger partial charge in [0.25, 0.3) is 0 Å². The molecule has 13 heavy (non-hydrogen) atoms. The Bertz CT molecular complexity index is 207. The van der Waals surface area contributed by atoms with Crippen LogP contribution in [0.5, 0.6) is 0 Å². The average Bonchev–Trinajstić information content (AvgIpc) is 2.34. The van der Waals surface area contributed by atoms with Crippen LogP contribution in [0.4, 0.5) is 0 Å². The predicted molar refractivity (Wildman–Crippen MR) is 47.3 cm³/mol. The largest absolute Gasteiger partial charge is 0.389 e. The van der Waals surface area contributed by atoms with Gasteiger partial charge in [-0.25, -0.2) is 0 Å². The van der Waals surface area contributed by atoms with Gasteiger partial charge in [-0.15, -0.1) is 0 Å². The first-order valence-electron chi connectivity index (χ1n) is 4.77. The number of rotatable bonds is 0. The van der Waals surface area contributed by atoms with Crippen LogP contribution in [0.3, 0.4) is 0 Å². The molecule has 0 radical (unpaired) electrons. The first-order valence-corrected chi connectivity index (χ1v) is 4.77. The Morgan fingerprint density at radius 3 is 2.77 bits per heavy atom. The molecule has 2 rings (SSSR count). The molecule has 0 bridgehead atoms. The van der Waals surface area contributed by atoms with E-state index in [2.05, 4.69) is 5.32 Å². The van der Waals surface area contributed by atoms with Crippen LogP contribution >= 0.6 is 0 Å². The van der Waals surface area contributed by atoms with Crippen molar-refractivity contribution in [2.45, 2.75) is 50.9 Å². The van der Waals surface area contributed by atoms with E-state index < -0.39 is 11.9 Å². The summed E-state index contributed by atoms with van der Waals surface area (Å²) in [5, 5.41) is 13.0. The molecule has 0 saturated carbocycles. The van der Waals surface area contributed by atoms with Crippen molar-refractivity contribution in [3.05, 3.63) is 0 Å². The number of fused-ring (bicyclic) bond motifs is 1. The highest BCUT2D eigenvalue weighted by Gasteiger charge is 2.48. The summed E-state index contributed by atoms with van der Waals surface area (Å²) >= 11 is 0. The average molecular weight is 187 g/mol. The maximum atomic E-state index is 9.81. The minimum atomic E-state index is -0.554. The molecule has 0 aliphatic carbocycles. The minimum Gasteiger partial charge on any atom is -0.389 e. The third kappa shape index (κ3) is 1.59. The van der Waals surface area contributed by atoms with Crippen LogP contribution in [0.25, 0.3) is 0 Å². The third-order valence-corrected chi connectivity index (χ3v) is 2.71. The highest BCUT2D eigenvalue weighted by Crippen LogP contribution is 2.32. The molecule has 2 saturated heterocycles. The monoisotopic (exact) mass is 187 g/mol. The molecule has 2 heterocycles. The van der Waals surface area contributed by atoms with Crippen LogP contribution in [0.1, 0.15) is 20.8 Å². The van der Waals surface area contributed by atoms with E-state index in [1.165, 1.54) is 0 Å². The molecule has 2 N–H and O–H groups in total. The number of piperidine rings is 1. The fourth-order valence-corrected chi connectivity index (χ4v) is 2.02. The molecule has 0 aromatic heterocycles. The number of aliphatic hydroxyl groups is 1. The lowest BCUT2D eigenvalue weighted by Crippen LogP contribution is -2.57. The van der Waals surface area contributed by atoms with E-state index in [0.29, 0.717) is 0 Å². The van der Waals surface area contributed by atoms with Crippen molar-refractivity contribution in [3.63, 3.8) is 0 Å². The van der Waals surface area contributed by atoms with E-state index in [9.17, 15) is 5.11 Å². The standard InChI is InChI=1S/C9H17NO3/c1-5-7(11)8-6(4-10-5)12-9(2,3)13-8/h5-8,10-11H,4H2,1-3H3/t5-,6+,7+,8+/m0/s1. The van der Waals surface area contributed by atoms with Gasteiger partial charge in [0.05, 0.1) is 6.10 Å².